The Balaban J connectivity index is 1.45. The number of hydrogen-bond donors (Lipinski definition) is 1. The van der Waals surface area contributed by atoms with Crippen LogP contribution in [0.3, 0.4) is 0 Å². The number of nitrogens with zero attached hydrogens (tertiary/aromatic N) is 5. The fourth-order valence-electron chi connectivity index (χ4n) is 4.49. The zero-order chi connectivity index (χ0) is 30.3. The number of thioether (sulfide) groups is 1. The molecule has 0 unspecified atom stereocenters. The zero-order valence-electron chi connectivity index (χ0n) is 24.4. The van der Waals surface area contributed by atoms with Gasteiger partial charge < -0.3 is 15.1 Å². The molecular formula is C32H32N6O2S3. The van der Waals surface area contributed by atoms with E-state index in [0.717, 1.165) is 38.2 Å². The number of rotatable bonds is 11. The van der Waals surface area contributed by atoms with Crippen LogP contribution in [-0.2, 0) is 16.1 Å². The van der Waals surface area contributed by atoms with Crippen LogP contribution in [0.1, 0.15) is 27.3 Å². The Bertz CT molecular complexity index is 1650. The number of thiazole rings is 1. The normalized spacial score (nSPS) is 11.6. The van der Waals surface area contributed by atoms with Gasteiger partial charge in [-0.1, -0.05) is 48.2 Å². The van der Waals surface area contributed by atoms with Crippen molar-refractivity contribution in [2.45, 2.75) is 31.6 Å². The van der Waals surface area contributed by atoms with E-state index in [1.807, 2.05) is 116 Å². The number of carbonyl (C=O) groups excluding carboxylic acids is 2. The van der Waals surface area contributed by atoms with Gasteiger partial charge in [0.15, 0.2) is 5.16 Å². The summed E-state index contributed by atoms with van der Waals surface area (Å²) >= 11 is 4.19. The predicted octanol–water partition coefficient (Wildman–Crippen LogP) is 6.85. The fourth-order valence-corrected chi connectivity index (χ4v) is 6.96. The number of hydrogen-bond acceptors (Lipinski definition) is 9. The zero-order valence-corrected chi connectivity index (χ0v) is 26.8. The van der Waals surface area contributed by atoms with Gasteiger partial charge in [-0.3, -0.25) is 9.59 Å². The van der Waals surface area contributed by atoms with Crippen molar-refractivity contribution in [1.29, 1.82) is 0 Å². The lowest BCUT2D eigenvalue weighted by molar-refractivity contribution is -0.137. The molecule has 0 aliphatic carbocycles. The molecular weight excluding hydrogens is 597 g/mol. The average Bonchev–Trinajstić information content (AvgIpc) is 3.69. The molecule has 0 spiro atoms. The second kappa shape index (κ2) is 13.9. The van der Waals surface area contributed by atoms with Crippen LogP contribution in [0.4, 0.5) is 11.4 Å². The first-order chi connectivity index (χ1) is 20.8. The van der Waals surface area contributed by atoms with Gasteiger partial charge in [0.05, 0.1) is 18.0 Å². The fraction of sp³-hybridized carbons (Fsp3) is 0.219. The number of anilines is 2. The first kappa shape index (κ1) is 30.4. The Kier molecular flexibility index (Phi) is 9.86. The summed E-state index contributed by atoms with van der Waals surface area (Å²) in [4.78, 5) is 46.2. The van der Waals surface area contributed by atoms with Gasteiger partial charge in [0.2, 0.25) is 5.91 Å². The molecule has 2 amide bonds. The second-order valence-corrected chi connectivity index (χ2v) is 12.9. The number of carbonyl (C=O) groups is 2. The van der Waals surface area contributed by atoms with E-state index < -0.39 is 6.04 Å². The molecule has 0 aliphatic rings. The van der Waals surface area contributed by atoms with Gasteiger partial charge in [0.1, 0.15) is 11.0 Å². The Morgan fingerprint density at radius 2 is 1.63 bits per heavy atom. The molecule has 3 heterocycles. The molecule has 220 valence electrons. The maximum atomic E-state index is 14.0. The first-order valence-corrected chi connectivity index (χ1v) is 16.4. The Labute approximate surface area is 263 Å². The summed E-state index contributed by atoms with van der Waals surface area (Å²) < 4.78 is 0. The van der Waals surface area contributed by atoms with Crippen LogP contribution in [0.5, 0.6) is 0 Å². The lowest BCUT2D eigenvalue weighted by Crippen LogP contribution is -2.41. The molecule has 0 aliphatic heterocycles. The van der Waals surface area contributed by atoms with E-state index in [9.17, 15) is 9.59 Å². The van der Waals surface area contributed by atoms with Crippen molar-refractivity contribution in [3.63, 3.8) is 0 Å². The highest BCUT2D eigenvalue weighted by Gasteiger charge is 2.33. The molecule has 8 nitrogen and oxygen atoms in total. The third-order valence-corrected chi connectivity index (χ3v) is 9.15. The van der Waals surface area contributed by atoms with Crippen LogP contribution < -0.4 is 10.2 Å². The number of amides is 2. The predicted molar refractivity (Wildman–Crippen MR) is 177 cm³/mol. The van der Waals surface area contributed by atoms with E-state index in [1.165, 1.54) is 34.4 Å². The van der Waals surface area contributed by atoms with Gasteiger partial charge in [0, 0.05) is 52.7 Å². The summed E-state index contributed by atoms with van der Waals surface area (Å²) in [5.74, 6) is -0.423. The summed E-state index contributed by atoms with van der Waals surface area (Å²) in [6.07, 6.45) is 0. The summed E-state index contributed by atoms with van der Waals surface area (Å²) in [6.45, 7) is 3.99. The van der Waals surface area contributed by atoms with E-state index >= 15 is 0 Å². The lowest BCUT2D eigenvalue weighted by atomic mass is 10.1. The van der Waals surface area contributed by atoms with Gasteiger partial charge >= 0.3 is 0 Å². The summed E-state index contributed by atoms with van der Waals surface area (Å²) in [6, 6.07) is 22.4. The van der Waals surface area contributed by atoms with E-state index in [1.54, 1.807) is 4.90 Å². The number of nitrogens with one attached hydrogen (secondary N) is 1. The van der Waals surface area contributed by atoms with Crippen molar-refractivity contribution >= 4 is 57.6 Å². The van der Waals surface area contributed by atoms with Crippen molar-refractivity contribution in [3.8, 4) is 11.3 Å². The van der Waals surface area contributed by atoms with Crippen molar-refractivity contribution in [2.24, 2.45) is 0 Å². The Morgan fingerprint density at radius 3 is 2.28 bits per heavy atom. The Morgan fingerprint density at radius 1 is 0.907 bits per heavy atom. The number of aryl methyl sites for hydroxylation is 2. The minimum absolute atomic E-state index is 0.0759. The van der Waals surface area contributed by atoms with Crippen LogP contribution in [0, 0.1) is 13.8 Å². The lowest BCUT2D eigenvalue weighted by Gasteiger charge is -2.30. The van der Waals surface area contributed by atoms with Crippen molar-refractivity contribution in [2.75, 3.05) is 30.1 Å². The summed E-state index contributed by atoms with van der Waals surface area (Å²) in [7, 11) is 3.93. The van der Waals surface area contributed by atoms with E-state index in [4.69, 9.17) is 4.98 Å². The Hall–Kier alpha value is -4.06. The smallest absolute Gasteiger partial charge is 0.252 e. The van der Waals surface area contributed by atoms with Crippen molar-refractivity contribution < 1.29 is 9.59 Å². The highest BCUT2D eigenvalue weighted by molar-refractivity contribution is 7.99. The van der Waals surface area contributed by atoms with Crippen molar-refractivity contribution in [3.05, 3.63) is 105 Å². The SMILES string of the molecule is Cc1cc(C)nc(SCC(=O)N(Cc2nc(-c3ccccc3)cs2)[C@H](C(=O)Nc2ccc(N(C)C)cc2)c2cccs2)n1. The first-order valence-electron chi connectivity index (χ1n) is 13.6. The monoisotopic (exact) mass is 628 g/mol. The molecule has 0 radical (unpaired) electrons. The van der Waals surface area contributed by atoms with E-state index in [0.29, 0.717) is 10.8 Å². The number of thiophene rings is 1. The largest absolute Gasteiger partial charge is 0.378 e. The van der Waals surface area contributed by atoms with Gasteiger partial charge in [-0.25, -0.2) is 15.0 Å². The van der Waals surface area contributed by atoms with Gasteiger partial charge in [-0.15, -0.1) is 22.7 Å². The van der Waals surface area contributed by atoms with Crippen LogP contribution in [0.2, 0.25) is 0 Å². The third-order valence-electron chi connectivity index (χ3n) is 6.56. The standard InChI is InChI=1S/C32H32N6O2S3/c1-21-17-22(2)34-32(33-21)43-20-29(39)38(18-28-36-26(19-42-28)23-9-6-5-7-10-23)30(27-11-8-16-41-27)31(40)35-24-12-14-25(15-13-24)37(3)4/h5-17,19,30H,18,20H2,1-4H3,(H,35,40)/t30-/m0/s1. The van der Waals surface area contributed by atoms with Crippen LogP contribution in [0.15, 0.2) is 88.7 Å². The molecule has 11 heteroatoms. The maximum absolute atomic E-state index is 14.0. The summed E-state index contributed by atoms with van der Waals surface area (Å²) in [5.41, 5.74) is 5.19. The highest BCUT2D eigenvalue weighted by atomic mass is 32.2. The molecule has 1 atom stereocenters. The minimum Gasteiger partial charge on any atom is -0.378 e. The van der Waals surface area contributed by atoms with Crippen LogP contribution >= 0.6 is 34.4 Å². The number of benzene rings is 2. The maximum Gasteiger partial charge on any atom is 0.252 e. The van der Waals surface area contributed by atoms with Gasteiger partial charge in [-0.05, 0) is 55.6 Å². The second-order valence-electron chi connectivity index (χ2n) is 10.1. The molecule has 43 heavy (non-hydrogen) atoms. The van der Waals surface area contributed by atoms with E-state index in [2.05, 4.69) is 15.3 Å². The quantitative estimate of drug-likeness (QED) is 0.126. The average molecular weight is 629 g/mol. The van der Waals surface area contributed by atoms with Gasteiger partial charge in [0.25, 0.3) is 5.91 Å². The van der Waals surface area contributed by atoms with Crippen LogP contribution in [-0.4, -0.2) is 51.5 Å². The molecule has 5 aromatic rings. The van der Waals surface area contributed by atoms with Crippen LogP contribution in [0.25, 0.3) is 11.3 Å². The van der Waals surface area contributed by atoms with E-state index in [-0.39, 0.29) is 24.1 Å². The van der Waals surface area contributed by atoms with Crippen molar-refractivity contribution in [1.82, 2.24) is 19.9 Å². The minimum atomic E-state index is -0.856. The molecule has 0 saturated heterocycles. The molecule has 5 rings (SSSR count). The molecule has 0 fully saturated rings. The molecule has 1 N–H and O–H groups in total. The molecule has 3 aromatic heterocycles. The highest BCUT2D eigenvalue weighted by Crippen LogP contribution is 2.32. The third kappa shape index (κ3) is 7.86. The molecule has 0 saturated carbocycles. The molecule has 0 bridgehead atoms. The van der Waals surface area contributed by atoms with Gasteiger partial charge in [-0.2, -0.15) is 0 Å². The summed E-state index contributed by atoms with van der Waals surface area (Å²) in [5, 5.41) is 8.22. The molecule has 2 aromatic carbocycles. The number of aromatic nitrogens is 3. The topological polar surface area (TPSA) is 91.3 Å².